The van der Waals surface area contributed by atoms with Crippen molar-refractivity contribution < 1.29 is 14.3 Å². The van der Waals surface area contributed by atoms with Crippen LogP contribution in [0.2, 0.25) is 0 Å². The third kappa shape index (κ3) is 2.47. The molecular weight excluding hydrogens is 234 g/mol. The van der Waals surface area contributed by atoms with Crippen molar-refractivity contribution in [2.24, 2.45) is 0 Å². The molecule has 1 amide bonds. The summed E-state index contributed by atoms with van der Waals surface area (Å²) in [5.41, 5.74) is 0.446. The van der Waals surface area contributed by atoms with E-state index in [0.29, 0.717) is 25.1 Å². The first kappa shape index (κ1) is 12.5. The van der Waals surface area contributed by atoms with E-state index in [4.69, 9.17) is 4.74 Å². The van der Waals surface area contributed by atoms with Crippen LogP contribution in [0.25, 0.3) is 0 Å². The minimum absolute atomic E-state index is 0.194. The molecule has 18 heavy (non-hydrogen) atoms. The second-order valence-electron chi connectivity index (χ2n) is 4.04. The predicted molar refractivity (Wildman–Crippen MR) is 62.7 cm³/mol. The van der Waals surface area contributed by atoms with Gasteiger partial charge in [0.1, 0.15) is 6.04 Å². The van der Waals surface area contributed by atoms with E-state index < -0.39 is 6.04 Å². The summed E-state index contributed by atoms with van der Waals surface area (Å²) in [6.07, 6.45) is 4.34. The number of ether oxygens (including phenoxy) is 1. The minimum Gasteiger partial charge on any atom is -0.464 e. The normalized spacial score (nSPS) is 18.7. The Labute approximate surface area is 105 Å². The molecule has 0 bridgehead atoms. The monoisotopic (exact) mass is 249 g/mol. The summed E-state index contributed by atoms with van der Waals surface area (Å²) in [5, 5.41) is 7.30. The van der Waals surface area contributed by atoms with Crippen molar-refractivity contribution >= 4 is 11.9 Å². The van der Waals surface area contributed by atoms with Gasteiger partial charge in [0, 0.05) is 6.54 Å². The van der Waals surface area contributed by atoms with Crippen molar-refractivity contribution in [2.45, 2.75) is 25.8 Å². The number of esters is 1. The van der Waals surface area contributed by atoms with Crippen LogP contribution in [0.1, 0.15) is 30.1 Å². The number of aromatic nitrogens is 2. The standard InChI is InChI=1S/C12H15N3O3/c1-2-18-12(17)10-4-3-7-15(10)11(16)9-5-6-13-14-8-9/h5-6,8,10H,2-4,7H2,1H3. The van der Waals surface area contributed by atoms with Gasteiger partial charge in [-0.3, -0.25) is 4.79 Å². The number of nitrogens with zero attached hydrogens (tertiary/aromatic N) is 3. The Kier molecular flexibility index (Phi) is 3.86. The lowest BCUT2D eigenvalue weighted by Crippen LogP contribution is -2.41. The van der Waals surface area contributed by atoms with E-state index >= 15 is 0 Å². The second kappa shape index (κ2) is 5.57. The molecule has 6 nitrogen and oxygen atoms in total. The summed E-state index contributed by atoms with van der Waals surface area (Å²) in [6, 6.07) is 1.13. The van der Waals surface area contributed by atoms with E-state index in [2.05, 4.69) is 10.2 Å². The van der Waals surface area contributed by atoms with Crippen LogP contribution in [0.5, 0.6) is 0 Å². The third-order valence-corrected chi connectivity index (χ3v) is 2.90. The molecule has 1 aromatic rings. The van der Waals surface area contributed by atoms with Crippen molar-refractivity contribution in [2.75, 3.05) is 13.2 Å². The fraction of sp³-hybridized carbons (Fsp3) is 0.500. The number of likely N-dealkylation sites (tertiary alicyclic amines) is 1. The van der Waals surface area contributed by atoms with E-state index in [9.17, 15) is 9.59 Å². The maximum atomic E-state index is 12.2. The zero-order valence-corrected chi connectivity index (χ0v) is 10.2. The number of carbonyl (C=O) groups is 2. The van der Waals surface area contributed by atoms with Gasteiger partial charge < -0.3 is 9.64 Å². The SMILES string of the molecule is CCOC(=O)C1CCCN1C(=O)c1ccnnc1. The maximum Gasteiger partial charge on any atom is 0.328 e. The molecule has 1 aliphatic heterocycles. The Morgan fingerprint density at radius 2 is 2.33 bits per heavy atom. The van der Waals surface area contributed by atoms with E-state index in [1.165, 1.54) is 12.4 Å². The van der Waals surface area contributed by atoms with Crippen LogP contribution in [0.4, 0.5) is 0 Å². The van der Waals surface area contributed by atoms with Gasteiger partial charge >= 0.3 is 5.97 Å². The van der Waals surface area contributed by atoms with Crippen LogP contribution in [0, 0.1) is 0 Å². The average Bonchev–Trinajstić information content (AvgIpc) is 2.88. The van der Waals surface area contributed by atoms with Gasteiger partial charge in [-0.05, 0) is 25.8 Å². The first-order valence-electron chi connectivity index (χ1n) is 5.98. The highest BCUT2D eigenvalue weighted by Crippen LogP contribution is 2.20. The topological polar surface area (TPSA) is 72.4 Å². The molecule has 1 aromatic heterocycles. The highest BCUT2D eigenvalue weighted by Gasteiger charge is 2.35. The Bertz CT molecular complexity index is 435. The molecule has 0 radical (unpaired) electrons. The molecule has 1 aliphatic rings. The summed E-state index contributed by atoms with van der Waals surface area (Å²) in [4.78, 5) is 25.5. The van der Waals surface area contributed by atoms with Crippen LogP contribution >= 0.6 is 0 Å². The molecule has 1 saturated heterocycles. The first-order chi connectivity index (χ1) is 8.74. The zero-order valence-electron chi connectivity index (χ0n) is 10.2. The third-order valence-electron chi connectivity index (χ3n) is 2.90. The van der Waals surface area contributed by atoms with Crippen molar-refractivity contribution in [3.05, 3.63) is 24.0 Å². The van der Waals surface area contributed by atoms with Gasteiger partial charge in [-0.15, -0.1) is 0 Å². The molecule has 0 aliphatic carbocycles. The molecule has 2 rings (SSSR count). The van der Waals surface area contributed by atoms with Gasteiger partial charge in [0.25, 0.3) is 5.91 Å². The number of carbonyl (C=O) groups excluding carboxylic acids is 2. The molecule has 6 heteroatoms. The maximum absolute atomic E-state index is 12.2. The Morgan fingerprint density at radius 1 is 1.50 bits per heavy atom. The highest BCUT2D eigenvalue weighted by atomic mass is 16.5. The van der Waals surface area contributed by atoms with Gasteiger partial charge in [0.15, 0.2) is 0 Å². The lowest BCUT2D eigenvalue weighted by molar-refractivity contribution is -0.147. The number of amides is 1. The van der Waals surface area contributed by atoms with E-state index in [-0.39, 0.29) is 11.9 Å². The fourth-order valence-corrected chi connectivity index (χ4v) is 2.08. The van der Waals surface area contributed by atoms with Crippen molar-refractivity contribution in [1.29, 1.82) is 0 Å². The summed E-state index contributed by atoms with van der Waals surface area (Å²) in [6.45, 7) is 2.66. The summed E-state index contributed by atoms with van der Waals surface area (Å²) in [7, 11) is 0. The van der Waals surface area contributed by atoms with Crippen molar-refractivity contribution in [3.63, 3.8) is 0 Å². The van der Waals surface area contributed by atoms with Gasteiger partial charge in [-0.2, -0.15) is 10.2 Å². The Hall–Kier alpha value is -1.98. The predicted octanol–water partition coefficient (Wildman–Crippen LogP) is 0.644. The van der Waals surface area contributed by atoms with Crippen LogP contribution < -0.4 is 0 Å². The molecule has 2 heterocycles. The second-order valence-corrected chi connectivity index (χ2v) is 4.04. The van der Waals surface area contributed by atoms with Crippen LogP contribution in [-0.2, 0) is 9.53 Å². The van der Waals surface area contributed by atoms with Crippen LogP contribution in [0.3, 0.4) is 0 Å². The lowest BCUT2D eigenvalue weighted by atomic mass is 10.2. The molecule has 0 aromatic carbocycles. The lowest BCUT2D eigenvalue weighted by Gasteiger charge is -2.22. The molecule has 0 N–H and O–H groups in total. The van der Waals surface area contributed by atoms with Crippen LogP contribution in [0.15, 0.2) is 18.5 Å². The van der Waals surface area contributed by atoms with Crippen LogP contribution in [-0.4, -0.2) is 46.2 Å². The molecule has 96 valence electrons. The molecule has 1 atom stereocenters. The molecule has 0 spiro atoms. The molecule has 0 saturated carbocycles. The van der Waals surface area contributed by atoms with E-state index in [1.54, 1.807) is 17.9 Å². The van der Waals surface area contributed by atoms with Gasteiger partial charge in [-0.1, -0.05) is 0 Å². The summed E-state index contributed by atoms with van der Waals surface area (Å²) < 4.78 is 4.98. The first-order valence-corrected chi connectivity index (χ1v) is 5.98. The fourth-order valence-electron chi connectivity index (χ4n) is 2.08. The van der Waals surface area contributed by atoms with Gasteiger partial charge in [-0.25, -0.2) is 4.79 Å². The Balaban J connectivity index is 2.12. The van der Waals surface area contributed by atoms with E-state index in [0.717, 1.165) is 6.42 Å². The highest BCUT2D eigenvalue weighted by molar-refractivity contribution is 5.96. The van der Waals surface area contributed by atoms with Crippen molar-refractivity contribution in [3.8, 4) is 0 Å². The molecule has 1 fully saturated rings. The quantitative estimate of drug-likeness (QED) is 0.735. The number of rotatable bonds is 3. The minimum atomic E-state index is -0.467. The zero-order chi connectivity index (χ0) is 13.0. The molecular formula is C12H15N3O3. The molecule has 1 unspecified atom stereocenters. The number of hydrogen-bond acceptors (Lipinski definition) is 5. The van der Waals surface area contributed by atoms with Gasteiger partial charge in [0.05, 0.1) is 24.6 Å². The smallest absolute Gasteiger partial charge is 0.328 e. The summed E-state index contributed by atoms with van der Waals surface area (Å²) in [5.74, 6) is -0.522. The van der Waals surface area contributed by atoms with Crippen molar-refractivity contribution in [1.82, 2.24) is 15.1 Å². The average molecular weight is 249 g/mol. The summed E-state index contributed by atoms with van der Waals surface area (Å²) >= 11 is 0. The Morgan fingerprint density at radius 3 is 3.00 bits per heavy atom. The number of hydrogen-bond donors (Lipinski definition) is 0. The van der Waals surface area contributed by atoms with Gasteiger partial charge in [0.2, 0.25) is 0 Å². The van der Waals surface area contributed by atoms with E-state index in [1.807, 2.05) is 0 Å². The largest absolute Gasteiger partial charge is 0.464 e.